The largest absolute Gasteiger partial charge is 0.0810 e. The highest BCUT2D eigenvalue weighted by atomic mass is 14.5. The number of hydrogen-bond acceptors (Lipinski definition) is 0. The third-order valence-electron chi connectivity index (χ3n) is 6.55. The standard InChI is InChI=1S/C19H30/c1-5-15-9-10-17-11-16-8-6-7-12(2)18(16)14(4)19(17)13(15)3/h8,11-15,18-19H,5-7,9-10H2,1-4H3. The molecular formula is C19H30. The van der Waals surface area contributed by atoms with Crippen molar-refractivity contribution in [1.29, 1.82) is 0 Å². The first-order valence-corrected chi connectivity index (χ1v) is 8.54. The molecule has 3 aliphatic carbocycles. The summed E-state index contributed by atoms with van der Waals surface area (Å²) in [7, 11) is 0. The molecule has 0 nitrogen and oxygen atoms in total. The molecule has 0 N–H and O–H groups in total. The average molecular weight is 258 g/mol. The van der Waals surface area contributed by atoms with Crippen LogP contribution >= 0.6 is 0 Å². The van der Waals surface area contributed by atoms with Crippen LogP contribution in [0.25, 0.3) is 0 Å². The van der Waals surface area contributed by atoms with Crippen molar-refractivity contribution < 1.29 is 0 Å². The van der Waals surface area contributed by atoms with Gasteiger partial charge in [-0.15, -0.1) is 0 Å². The molecule has 0 aromatic rings. The zero-order chi connectivity index (χ0) is 13.6. The van der Waals surface area contributed by atoms with Crippen molar-refractivity contribution in [1.82, 2.24) is 0 Å². The fourth-order valence-corrected chi connectivity index (χ4v) is 5.54. The Morgan fingerprint density at radius 1 is 1.05 bits per heavy atom. The molecule has 0 aromatic carbocycles. The summed E-state index contributed by atoms with van der Waals surface area (Å²) in [6.45, 7) is 9.95. The summed E-state index contributed by atoms with van der Waals surface area (Å²) in [5, 5.41) is 0. The minimum atomic E-state index is 0.848. The molecule has 6 atom stereocenters. The van der Waals surface area contributed by atoms with E-state index in [0.29, 0.717) is 0 Å². The Morgan fingerprint density at radius 3 is 2.58 bits per heavy atom. The lowest BCUT2D eigenvalue weighted by molar-refractivity contribution is 0.111. The first kappa shape index (κ1) is 13.5. The molecule has 0 radical (unpaired) electrons. The molecule has 3 rings (SSSR count). The maximum Gasteiger partial charge on any atom is -0.0108 e. The van der Waals surface area contributed by atoms with E-state index in [4.69, 9.17) is 0 Å². The van der Waals surface area contributed by atoms with Crippen LogP contribution in [0.3, 0.4) is 0 Å². The first-order chi connectivity index (χ1) is 9.13. The van der Waals surface area contributed by atoms with E-state index in [9.17, 15) is 0 Å². The molecule has 1 saturated carbocycles. The average Bonchev–Trinajstić information content (AvgIpc) is 2.39. The summed E-state index contributed by atoms with van der Waals surface area (Å²) in [6, 6.07) is 0. The zero-order valence-corrected chi connectivity index (χ0v) is 13.2. The Labute approximate surface area is 119 Å². The number of rotatable bonds is 1. The third kappa shape index (κ3) is 2.12. The molecule has 19 heavy (non-hydrogen) atoms. The smallest absolute Gasteiger partial charge is 0.0108 e. The molecule has 0 bridgehead atoms. The van der Waals surface area contributed by atoms with Crippen LogP contribution in [0.5, 0.6) is 0 Å². The van der Waals surface area contributed by atoms with Crippen molar-refractivity contribution in [2.45, 2.75) is 59.8 Å². The molecule has 0 aromatic heterocycles. The normalized spacial score (nSPS) is 45.9. The number of hydrogen-bond donors (Lipinski definition) is 0. The lowest BCUT2D eigenvalue weighted by atomic mass is 9.56. The molecule has 0 amide bonds. The summed E-state index contributed by atoms with van der Waals surface area (Å²) in [5.74, 6) is 5.35. The van der Waals surface area contributed by atoms with Crippen LogP contribution in [0.2, 0.25) is 0 Å². The fraction of sp³-hybridized carbons (Fsp3) is 0.789. The summed E-state index contributed by atoms with van der Waals surface area (Å²) < 4.78 is 0. The molecule has 0 spiro atoms. The van der Waals surface area contributed by atoms with E-state index >= 15 is 0 Å². The minimum Gasteiger partial charge on any atom is -0.0810 e. The van der Waals surface area contributed by atoms with Crippen LogP contribution in [0.15, 0.2) is 23.3 Å². The van der Waals surface area contributed by atoms with Crippen molar-refractivity contribution in [2.24, 2.45) is 35.5 Å². The van der Waals surface area contributed by atoms with Gasteiger partial charge in [-0.3, -0.25) is 0 Å². The van der Waals surface area contributed by atoms with Crippen LogP contribution in [-0.2, 0) is 0 Å². The summed E-state index contributed by atoms with van der Waals surface area (Å²) in [4.78, 5) is 0. The van der Waals surface area contributed by atoms with Gasteiger partial charge in [-0.1, -0.05) is 51.8 Å². The van der Waals surface area contributed by atoms with Gasteiger partial charge in [0.15, 0.2) is 0 Å². The molecule has 106 valence electrons. The summed E-state index contributed by atoms with van der Waals surface area (Å²) in [5.41, 5.74) is 3.49. The van der Waals surface area contributed by atoms with Crippen molar-refractivity contribution in [2.75, 3.05) is 0 Å². The molecule has 3 aliphatic rings. The lowest BCUT2D eigenvalue weighted by Gasteiger charge is -2.49. The lowest BCUT2D eigenvalue weighted by Crippen LogP contribution is -2.40. The van der Waals surface area contributed by atoms with Gasteiger partial charge in [-0.2, -0.15) is 0 Å². The van der Waals surface area contributed by atoms with Gasteiger partial charge in [0, 0.05) is 0 Å². The number of allylic oxidation sites excluding steroid dienone is 4. The maximum atomic E-state index is 2.62. The minimum absolute atomic E-state index is 0.848. The van der Waals surface area contributed by atoms with Gasteiger partial charge >= 0.3 is 0 Å². The number of fused-ring (bicyclic) bond motifs is 2. The van der Waals surface area contributed by atoms with Gasteiger partial charge in [0.1, 0.15) is 0 Å². The molecule has 1 fully saturated rings. The summed E-state index contributed by atoms with van der Waals surface area (Å²) >= 11 is 0. The van der Waals surface area contributed by atoms with Gasteiger partial charge in [0.05, 0.1) is 0 Å². The van der Waals surface area contributed by atoms with Gasteiger partial charge in [-0.05, 0) is 66.8 Å². The van der Waals surface area contributed by atoms with Crippen molar-refractivity contribution >= 4 is 0 Å². The van der Waals surface area contributed by atoms with Crippen molar-refractivity contribution in [3.63, 3.8) is 0 Å². The first-order valence-electron chi connectivity index (χ1n) is 8.54. The Kier molecular flexibility index (Phi) is 3.62. The molecule has 0 heterocycles. The van der Waals surface area contributed by atoms with Gasteiger partial charge in [0.2, 0.25) is 0 Å². The fourth-order valence-electron chi connectivity index (χ4n) is 5.54. The van der Waals surface area contributed by atoms with E-state index in [2.05, 4.69) is 39.8 Å². The summed E-state index contributed by atoms with van der Waals surface area (Å²) in [6.07, 6.45) is 12.0. The van der Waals surface area contributed by atoms with Gasteiger partial charge < -0.3 is 0 Å². The highest BCUT2D eigenvalue weighted by Gasteiger charge is 2.43. The molecule has 6 unspecified atom stereocenters. The highest BCUT2D eigenvalue weighted by Crippen LogP contribution is 2.53. The Balaban J connectivity index is 1.96. The topological polar surface area (TPSA) is 0 Å². The van der Waals surface area contributed by atoms with Crippen LogP contribution in [-0.4, -0.2) is 0 Å². The predicted molar refractivity (Wildman–Crippen MR) is 82.9 cm³/mol. The second kappa shape index (κ2) is 5.11. The van der Waals surface area contributed by atoms with E-state index in [1.165, 1.54) is 32.1 Å². The monoisotopic (exact) mass is 258 g/mol. The second-order valence-corrected chi connectivity index (χ2v) is 7.45. The molecular weight excluding hydrogens is 228 g/mol. The van der Waals surface area contributed by atoms with Crippen molar-refractivity contribution in [3.8, 4) is 0 Å². The van der Waals surface area contributed by atoms with E-state index in [-0.39, 0.29) is 0 Å². The molecule has 0 heteroatoms. The Bertz CT molecular complexity index is 400. The second-order valence-electron chi connectivity index (χ2n) is 7.45. The third-order valence-corrected chi connectivity index (χ3v) is 6.55. The van der Waals surface area contributed by atoms with Crippen molar-refractivity contribution in [3.05, 3.63) is 23.3 Å². The quantitative estimate of drug-likeness (QED) is 0.573. The Morgan fingerprint density at radius 2 is 1.84 bits per heavy atom. The molecule has 0 aliphatic heterocycles. The van der Waals surface area contributed by atoms with Gasteiger partial charge in [-0.25, -0.2) is 0 Å². The highest BCUT2D eigenvalue weighted by molar-refractivity contribution is 5.35. The van der Waals surface area contributed by atoms with Crippen LogP contribution in [0, 0.1) is 35.5 Å². The Hall–Kier alpha value is -0.520. The van der Waals surface area contributed by atoms with E-state index in [1.54, 1.807) is 11.1 Å². The molecule has 0 saturated heterocycles. The zero-order valence-electron chi connectivity index (χ0n) is 13.2. The van der Waals surface area contributed by atoms with Crippen LogP contribution < -0.4 is 0 Å². The van der Waals surface area contributed by atoms with Crippen LogP contribution in [0.4, 0.5) is 0 Å². The predicted octanol–water partition coefficient (Wildman–Crippen LogP) is 5.61. The van der Waals surface area contributed by atoms with E-state index in [0.717, 1.165) is 35.5 Å². The van der Waals surface area contributed by atoms with Crippen LogP contribution in [0.1, 0.15) is 59.8 Å². The maximum absolute atomic E-state index is 2.62. The van der Waals surface area contributed by atoms with Gasteiger partial charge in [0.25, 0.3) is 0 Å². The SMILES string of the molecule is CCC1CCC2=CC3=CCCC(C)C3C(C)C2C1C. The van der Waals surface area contributed by atoms with E-state index < -0.39 is 0 Å². The van der Waals surface area contributed by atoms with E-state index in [1.807, 2.05) is 0 Å².